The minimum absolute atomic E-state index is 0.0515. The van der Waals surface area contributed by atoms with Crippen LogP contribution in [0.15, 0.2) is 66.7 Å². The lowest BCUT2D eigenvalue weighted by molar-refractivity contribution is -0.385. The summed E-state index contributed by atoms with van der Waals surface area (Å²) in [7, 11) is 0. The van der Waals surface area contributed by atoms with Gasteiger partial charge >= 0.3 is 17.6 Å². The number of nitrogens with zero attached hydrogens (tertiary/aromatic N) is 1. The van der Waals surface area contributed by atoms with Crippen LogP contribution in [0.1, 0.15) is 86.4 Å². The van der Waals surface area contributed by atoms with E-state index in [1.807, 2.05) is 26.0 Å². The molecule has 0 spiro atoms. The number of nitro benzene ring substituents is 1. The Kier molecular flexibility index (Phi) is 12.3. The van der Waals surface area contributed by atoms with Gasteiger partial charge in [-0.25, -0.2) is 9.59 Å². The van der Waals surface area contributed by atoms with Crippen molar-refractivity contribution in [1.82, 2.24) is 0 Å². The van der Waals surface area contributed by atoms with Crippen LogP contribution in [0.2, 0.25) is 0 Å². The second kappa shape index (κ2) is 16.2. The van der Waals surface area contributed by atoms with Gasteiger partial charge in [0.1, 0.15) is 5.75 Å². The molecule has 0 radical (unpaired) electrons. The Morgan fingerprint density at radius 1 is 0.805 bits per heavy atom. The van der Waals surface area contributed by atoms with Crippen LogP contribution in [0, 0.1) is 16.0 Å². The van der Waals surface area contributed by atoms with Gasteiger partial charge in [0.25, 0.3) is 0 Å². The molecule has 8 nitrogen and oxygen atoms in total. The minimum atomic E-state index is -0.710. The molecule has 0 N–H and O–H groups in total. The molecule has 0 aliphatic heterocycles. The molecule has 0 heterocycles. The summed E-state index contributed by atoms with van der Waals surface area (Å²) < 4.78 is 16.4. The topological polar surface area (TPSA) is 105 Å². The van der Waals surface area contributed by atoms with E-state index in [0.29, 0.717) is 24.5 Å². The number of nitro groups is 1. The second-order valence-electron chi connectivity index (χ2n) is 10.2. The third-order valence-electron chi connectivity index (χ3n) is 6.86. The summed E-state index contributed by atoms with van der Waals surface area (Å²) >= 11 is 0. The van der Waals surface area contributed by atoms with Crippen molar-refractivity contribution in [3.05, 3.63) is 88.0 Å². The van der Waals surface area contributed by atoms with Crippen LogP contribution in [0.25, 0.3) is 11.1 Å². The fraction of sp³-hybridized carbons (Fsp3) is 0.394. The van der Waals surface area contributed by atoms with Gasteiger partial charge in [-0.15, -0.1) is 0 Å². The molecule has 3 aromatic rings. The maximum atomic E-state index is 12.7. The summed E-state index contributed by atoms with van der Waals surface area (Å²) in [6.45, 7) is 6.97. The molecule has 0 aromatic heterocycles. The third-order valence-corrected chi connectivity index (χ3v) is 6.86. The van der Waals surface area contributed by atoms with Crippen LogP contribution in [0.3, 0.4) is 0 Å². The molecule has 3 rings (SSSR count). The maximum absolute atomic E-state index is 12.7. The van der Waals surface area contributed by atoms with Crippen molar-refractivity contribution in [2.75, 3.05) is 13.2 Å². The van der Waals surface area contributed by atoms with E-state index in [1.54, 1.807) is 36.4 Å². The summed E-state index contributed by atoms with van der Waals surface area (Å²) in [6.07, 6.45) is 7.68. The van der Waals surface area contributed by atoms with E-state index in [1.165, 1.54) is 43.9 Å². The summed E-state index contributed by atoms with van der Waals surface area (Å²) in [4.78, 5) is 36.0. The normalized spacial score (nSPS) is 11.5. The number of carbonyl (C=O) groups excluding carboxylic acids is 2. The lowest BCUT2D eigenvalue weighted by atomic mass is 10.0. The molecule has 1 unspecified atom stereocenters. The van der Waals surface area contributed by atoms with E-state index < -0.39 is 10.9 Å². The Morgan fingerprint density at radius 3 is 2.05 bits per heavy atom. The lowest BCUT2D eigenvalue weighted by Gasteiger charge is -2.12. The Bertz CT molecular complexity index is 1290. The molecule has 0 bridgehead atoms. The second-order valence-corrected chi connectivity index (χ2v) is 10.2. The van der Waals surface area contributed by atoms with Crippen LogP contribution >= 0.6 is 0 Å². The van der Waals surface area contributed by atoms with Gasteiger partial charge in [-0.05, 0) is 59.9 Å². The van der Waals surface area contributed by atoms with Crippen molar-refractivity contribution in [2.24, 2.45) is 5.92 Å². The van der Waals surface area contributed by atoms with E-state index in [-0.39, 0.29) is 28.9 Å². The quantitative estimate of drug-likeness (QED) is 0.0568. The zero-order chi connectivity index (χ0) is 29.6. The number of ether oxygens (including phenoxy) is 3. The molecule has 0 aliphatic rings. The van der Waals surface area contributed by atoms with Gasteiger partial charge in [0, 0.05) is 6.07 Å². The van der Waals surface area contributed by atoms with E-state index >= 15 is 0 Å². The first-order valence-electron chi connectivity index (χ1n) is 14.3. The van der Waals surface area contributed by atoms with Gasteiger partial charge in [-0.1, -0.05) is 83.6 Å². The van der Waals surface area contributed by atoms with Gasteiger partial charge in [-0.3, -0.25) is 10.1 Å². The molecule has 218 valence electrons. The molecule has 0 saturated carbocycles. The Labute approximate surface area is 241 Å². The largest absolute Gasteiger partial charge is 0.487 e. The van der Waals surface area contributed by atoms with Gasteiger partial charge in [0.15, 0.2) is 5.75 Å². The average molecular weight is 562 g/mol. The molecule has 8 heteroatoms. The number of benzene rings is 3. The zero-order valence-corrected chi connectivity index (χ0v) is 24.1. The highest BCUT2D eigenvalue weighted by Gasteiger charge is 2.20. The summed E-state index contributed by atoms with van der Waals surface area (Å²) in [6, 6.07) is 18.1. The first kappa shape index (κ1) is 31.3. The highest BCUT2D eigenvalue weighted by molar-refractivity contribution is 5.92. The third kappa shape index (κ3) is 9.74. The number of hydrogen-bond donors (Lipinski definition) is 0. The monoisotopic (exact) mass is 561 g/mol. The number of esters is 2. The lowest BCUT2D eigenvalue weighted by Crippen LogP contribution is -2.11. The maximum Gasteiger partial charge on any atom is 0.343 e. The summed E-state index contributed by atoms with van der Waals surface area (Å²) in [5, 5.41) is 11.5. The smallest absolute Gasteiger partial charge is 0.343 e. The average Bonchev–Trinajstić information content (AvgIpc) is 2.99. The Balaban J connectivity index is 1.55. The van der Waals surface area contributed by atoms with Crippen molar-refractivity contribution in [1.29, 1.82) is 0 Å². The van der Waals surface area contributed by atoms with Crippen molar-refractivity contribution in [2.45, 2.75) is 65.7 Å². The van der Waals surface area contributed by atoms with Crippen molar-refractivity contribution in [3.63, 3.8) is 0 Å². The number of rotatable bonds is 16. The van der Waals surface area contributed by atoms with Crippen LogP contribution in [-0.2, 0) is 4.74 Å². The van der Waals surface area contributed by atoms with Crippen LogP contribution in [-0.4, -0.2) is 30.1 Å². The van der Waals surface area contributed by atoms with Crippen molar-refractivity contribution >= 4 is 17.6 Å². The Morgan fingerprint density at radius 2 is 1.41 bits per heavy atom. The van der Waals surface area contributed by atoms with E-state index in [0.717, 1.165) is 30.4 Å². The minimum Gasteiger partial charge on any atom is -0.487 e. The van der Waals surface area contributed by atoms with Crippen molar-refractivity contribution < 1.29 is 28.7 Å². The van der Waals surface area contributed by atoms with E-state index in [4.69, 9.17) is 14.2 Å². The zero-order valence-electron chi connectivity index (χ0n) is 24.1. The predicted molar refractivity (Wildman–Crippen MR) is 159 cm³/mol. The van der Waals surface area contributed by atoms with Crippen molar-refractivity contribution in [3.8, 4) is 22.6 Å². The molecule has 3 aromatic carbocycles. The van der Waals surface area contributed by atoms with Gasteiger partial charge in [-0.2, -0.15) is 0 Å². The van der Waals surface area contributed by atoms with Gasteiger partial charge in [0.2, 0.25) is 0 Å². The van der Waals surface area contributed by atoms with Crippen LogP contribution in [0.4, 0.5) is 5.69 Å². The molecule has 0 amide bonds. The fourth-order valence-corrected chi connectivity index (χ4v) is 4.07. The fourth-order valence-electron chi connectivity index (χ4n) is 4.07. The molecule has 1 atom stereocenters. The molecule has 0 fully saturated rings. The molecular weight excluding hydrogens is 522 g/mol. The summed E-state index contributed by atoms with van der Waals surface area (Å²) in [5.41, 5.74) is 2.02. The van der Waals surface area contributed by atoms with Gasteiger partial charge in [0.05, 0.1) is 29.3 Å². The first-order chi connectivity index (χ1) is 19.8. The summed E-state index contributed by atoms with van der Waals surface area (Å²) in [5.74, 6) is -0.376. The number of carbonyl (C=O) groups is 2. The number of unbranched alkanes of at least 4 members (excludes halogenated alkanes) is 5. The number of hydrogen-bond acceptors (Lipinski definition) is 7. The highest BCUT2D eigenvalue weighted by Crippen LogP contribution is 2.30. The van der Waals surface area contributed by atoms with Crippen LogP contribution in [0.5, 0.6) is 11.5 Å². The SMILES string of the molecule is CCCCCCCCOC(=O)c1ccc(-c2ccc(OC(=O)c3ccc(OCC(C)CC)c([N+](=O)[O-])c3)cc2)cc1. The molecule has 41 heavy (non-hydrogen) atoms. The molecule has 0 saturated heterocycles. The Hall–Kier alpha value is -4.20. The van der Waals surface area contributed by atoms with E-state index in [2.05, 4.69) is 6.92 Å². The highest BCUT2D eigenvalue weighted by atomic mass is 16.6. The first-order valence-corrected chi connectivity index (χ1v) is 14.3. The van der Waals surface area contributed by atoms with Gasteiger partial charge < -0.3 is 14.2 Å². The molecular formula is C33H39NO7. The molecule has 0 aliphatic carbocycles. The predicted octanol–water partition coefficient (Wildman–Crippen LogP) is 8.42. The van der Waals surface area contributed by atoms with Crippen LogP contribution < -0.4 is 9.47 Å². The standard InChI is InChI=1S/C33H39NO7/c1-4-6-7-8-9-10-21-39-32(35)27-13-11-25(12-14-27)26-15-18-29(19-16-26)41-33(36)28-17-20-31(30(22-28)34(37)38)40-23-24(3)5-2/h11-20,22,24H,4-10,21,23H2,1-3H3. The van der Waals surface area contributed by atoms with E-state index in [9.17, 15) is 19.7 Å².